The maximum Gasteiger partial charge on any atom is 0.164 e. The van der Waals surface area contributed by atoms with Crippen LogP contribution in [0.25, 0.3) is 0 Å². The van der Waals surface area contributed by atoms with E-state index in [1.807, 2.05) is 83.1 Å². The number of allylic oxidation sites excluding steroid dienone is 8. The van der Waals surface area contributed by atoms with E-state index in [9.17, 15) is 19.8 Å². The molecule has 0 saturated heterocycles. The number of carbonyl (C=O) groups is 2. The minimum absolute atomic E-state index is 0. The predicted octanol–water partition coefficient (Wildman–Crippen LogP) is 8.85. The van der Waals surface area contributed by atoms with Gasteiger partial charge in [-0.25, -0.2) is 0 Å². The molecule has 0 radical (unpaired) electrons. The van der Waals surface area contributed by atoms with Crippen molar-refractivity contribution in [1.82, 2.24) is 0 Å². The Morgan fingerprint density at radius 3 is 0.857 bits per heavy atom. The molecule has 0 aromatic rings. The van der Waals surface area contributed by atoms with Crippen molar-refractivity contribution < 1.29 is 39.3 Å². The second kappa shape index (κ2) is 16.3. The third-order valence-corrected chi connectivity index (χ3v) is 4.88. The van der Waals surface area contributed by atoms with Crippen LogP contribution in [0.5, 0.6) is 0 Å². The topological polar surface area (TPSA) is 74.6 Å². The first-order valence-corrected chi connectivity index (χ1v) is 12.3. The Kier molecular flexibility index (Phi) is 17.7. The quantitative estimate of drug-likeness (QED) is 0.149. The molecule has 0 saturated carbocycles. The number of hydrogen-bond donors (Lipinski definition) is 2. The molecule has 1 aliphatic carbocycles. The van der Waals surface area contributed by atoms with Gasteiger partial charge in [0, 0.05) is 53.3 Å². The summed E-state index contributed by atoms with van der Waals surface area (Å²) in [5.74, 6) is 0.208. The molecule has 0 atom stereocenters. The van der Waals surface area contributed by atoms with Crippen LogP contribution < -0.4 is 0 Å². The molecular formula is C30H52O4Ru. The molecular weight excluding hydrogens is 525 g/mol. The Balaban J connectivity index is -0.000000444. The Morgan fingerprint density at radius 2 is 0.714 bits per heavy atom. The van der Waals surface area contributed by atoms with Crippen molar-refractivity contribution in [3.05, 3.63) is 48.0 Å². The zero-order valence-electron chi connectivity index (χ0n) is 24.4. The van der Waals surface area contributed by atoms with Crippen LogP contribution in [0.2, 0.25) is 0 Å². The van der Waals surface area contributed by atoms with Gasteiger partial charge >= 0.3 is 0 Å². The van der Waals surface area contributed by atoms with Crippen LogP contribution in [0.15, 0.2) is 48.0 Å². The third-order valence-electron chi connectivity index (χ3n) is 4.88. The van der Waals surface area contributed by atoms with E-state index in [4.69, 9.17) is 0 Å². The molecule has 0 aliphatic heterocycles. The fourth-order valence-corrected chi connectivity index (χ4v) is 1.97. The summed E-state index contributed by atoms with van der Waals surface area (Å²) < 4.78 is 0. The van der Waals surface area contributed by atoms with Crippen LogP contribution in [0.3, 0.4) is 0 Å². The zero-order valence-corrected chi connectivity index (χ0v) is 26.1. The Morgan fingerprint density at radius 1 is 0.514 bits per heavy atom. The van der Waals surface area contributed by atoms with Crippen molar-refractivity contribution in [2.45, 2.75) is 109 Å². The molecule has 0 spiro atoms. The van der Waals surface area contributed by atoms with Crippen molar-refractivity contribution in [3.8, 4) is 0 Å². The smallest absolute Gasteiger partial charge is 0.164 e. The maximum absolute atomic E-state index is 11.5. The minimum atomic E-state index is -0.417. The number of aliphatic hydroxyl groups is 2. The summed E-state index contributed by atoms with van der Waals surface area (Å²) in [6, 6.07) is 0. The molecule has 0 unspecified atom stereocenters. The normalized spacial score (nSPS) is 17.1. The third kappa shape index (κ3) is 20.4. The predicted molar refractivity (Wildman–Crippen MR) is 146 cm³/mol. The molecule has 0 heterocycles. The standard InChI is InChI=1S/2C11H20O2.C8H12.Ru/c2*1-10(2,3)8(12)7-9(13)11(4,5)6;1-2-4-6-8-7-5-3-1;/h2*7,12H,1-6H3;1-2,7-8H,3-6H2;/b2*8-7-;2-1-,8-7-;. The molecule has 5 heteroatoms. The van der Waals surface area contributed by atoms with E-state index < -0.39 is 10.8 Å². The van der Waals surface area contributed by atoms with E-state index in [1.165, 1.54) is 37.8 Å². The summed E-state index contributed by atoms with van der Waals surface area (Å²) in [4.78, 5) is 23.0. The second-order valence-electron chi connectivity index (χ2n) is 12.9. The van der Waals surface area contributed by atoms with Gasteiger partial charge in [0.05, 0.1) is 0 Å². The Bertz CT molecular complexity index is 678. The van der Waals surface area contributed by atoms with Gasteiger partial charge in [0.15, 0.2) is 11.6 Å². The van der Waals surface area contributed by atoms with Gasteiger partial charge in [-0.15, -0.1) is 0 Å². The molecule has 0 aromatic heterocycles. The van der Waals surface area contributed by atoms with Crippen LogP contribution in [0.4, 0.5) is 0 Å². The fourth-order valence-electron chi connectivity index (χ4n) is 1.97. The number of carbonyl (C=O) groups excluding carboxylic acids is 2. The van der Waals surface area contributed by atoms with Gasteiger partial charge in [-0.05, 0) is 25.7 Å². The SMILES string of the molecule is C1=C\CC/C=C\CC/1.CC(C)(C)C(=O)/C=C(\O)C(C)(C)C.CC(C)(C)C(=O)/C=C(\O)C(C)(C)C.[Ru]. The van der Waals surface area contributed by atoms with Crippen LogP contribution in [0, 0.1) is 21.7 Å². The summed E-state index contributed by atoms with van der Waals surface area (Å²) in [5.41, 5.74) is -1.53. The summed E-state index contributed by atoms with van der Waals surface area (Å²) in [6.07, 6.45) is 16.7. The molecule has 0 aromatic carbocycles. The number of aliphatic hydroxyl groups excluding tert-OH is 2. The van der Waals surface area contributed by atoms with E-state index >= 15 is 0 Å². The Hall–Kier alpha value is -1.48. The van der Waals surface area contributed by atoms with Gasteiger partial charge in [-0.2, -0.15) is 0 Å². The van der Waals surface area contributed by atoms with Gasteiger partial charge < -0.3 is 10.2 Å². The van der Waals surface area contributed by atoms with Gasteiger partial charge in [0.1, 0.15) is 11.5 Å². The van der Waals surface area contributed by atoms with Gasteiger partial charge in [-0.3, -0.25) is 9.59 Å². The van der Waals surface area contributed by atoms with Crippen LogP contribution in [-0.4, -0.2) is 21.8 Å². The molecule has 0 bridgehead atoms. The molecule has 0 amide bonds. The van der Waals surface area contributed by atoms with Gasteiger partial charge in [-0.1, -0.05) is 107 Å². The van der Waals surface area contributed by atoms with Crippen molar-refractivity contribution in [1.29, 1.82) is 0 Å². The van der Waals surface area contributed by atoms with Gasteiger partial charge in [0.25, 0.3) is 0 Å². The van der Waals surface area contributed by atoms with Crippen molar-refractivity contribution in [2.24, 2.45) is 21.7 Å². The first-order valence-electron chi connectivity index (χ1n) is 12.3. The zero-order chi connectivity index (χ0) is 27.4. The maximum atomic E-state index is 11.5. The van der Waals surface area contributed by atoms with Crippen LogP contribution >= 0.6 is 0 Å². The summed E-state index contributed by atoms with van der Waals surface area (Å²) >= 11 is 0. The average Bonchev–Trinajstić information content (AvgIpc) is 2.58. The molecule has 35 heavy (non-hydrogen) atoms. The summed E-state index contributed by atoms with van der Waals surface area (Å²) in [7, 11) is 0. The summed E-state index contributed by atoms with van der Waals surface area (Å²) in [6.45, 7) is 22.2. The van der Waals surface area contributed by atoms with Crippen LogP contribution in [0.1, 0.15) is 109 Å². The van der Waals surface area contributed by atoms with Crippen molar-refractivity contribution in [3.63, 3.8) is 0 Å². The Labute approximate surface area is 228 Å². The molecule has 4 nitrogen and oxygen atoms in total. The molecule has 2 N–H and O–H groups in total. The molecule has 1 aliphatic rings. The van der Waals surface area contributed by atoms with Gasteiger partial charge in [0.2, 0.25) is 0 Å². The van der Waals surface area contributed by atoms with Crippen molar-refractivity contribution >= 4 is 11.6 Å². The molecule has 1 rings (SSSR count). The minimum Gasteiger partial charge on any atom is -0.512 e. The largest absolute Gasteiger partial charge is 0.512 e. The first kappa shape index (κ1) is 38.1. The molecule has 0 fully saturated rings. The average molecular weight is 578 g/mol. The van der Waals surface area contributed by atoms with Crippen LogP contribution in [-0.2, 0) is 29.1 Å². The number of ketones is 2. The van der Waals surface area contributed by atoms with E-state index in [2.05, 4.69) is 24.3 Å². The first-order chi connectivity index (χ1) is 15.1. The number of rotatable bonds is 2. The second-order valence-corrected chi connectivity index (χ2v) is 12.9. The summed E-state index contributed by atoms with van der Waals surface area (Å²) in [5, 5.41) is 19.1. The van der Waals surface area contributed by atoms with E-state index in [0.717, 1.165) is 0 Å². The van der Waals surface area contributed by atoms with E-state index in [1.54, 1.807) is 0 Å². The van der Waals surface area contributed by atoms with E-state index in [-0.39, 0.29) is 53.4 Å². The fraction of sp³-hybridized carbons (Fsp3) is 0.667. The van der Waals surface area contributed by atoms with Crippen molar-refractivity contribution in [2.75, 3.05) is 0 Å². The monoisotopic (exact) mass is 578 g/mol. The van der Waals surface area contributed by atoms with E-state index in [0.29, 0.717) is 0 Å². The molecule has 204 valence electrons. The number of hydrogen-bond acceptors (Lipinski definition) is 4.